The van der Waals surface area contributed by atoms with Crippen LogP contribution in [0.3, 0.4) is 0 Å². The molecule has 3 amide bonds. The number of hydrogen-bond acceptors (Lipinski definition) is 3. The van der Waals surface area contributed by atoms with Crippen LogP contribution in [0.4, 0.5) is 16.2 Å². The molecule has 0 bridgehead atoms. The predicted molar refractivity (Wildman–Crippen MR) is 75.8 cm³/mol. The molecule has 0 heterocycles. The van der Waals surface area contributed by atoms with Crippen molar-refractivity contribution in [3.8, 4) is 0 Å². The molecular weight excluding hydrogens is 244 g/mol. The first-order valence-electron chi connectivity index (χ1n) is 6.01. The SMILES string of the molecule is CC(C)(N)CCC(=O)Nc1cccc(NC(N)=O)c1. The first-order chi connectivity index (χ1) is 8.76. The fraction of sp³-hybridized carbons (Fsp3) is 0.385. The number of carbonyl (C=O) groups excluding carboxylic acids is 2. The van der Waals surface area contributed by atoms with Gasteiger partial charge in [0.25, 0.3) is 0 Å². The van der Waals surface area contributed by atoms with E-state index in [1.165, 1.54) is 0 Å². The van der Waals surface area contributed by atoms with Gasteiger partial charge in [-0.2, -0.15) is 0 Å². The third kappa shape index (κ3) is 6.42. The van der Waals surface area contributed by atoms with Gasteiger partial charge >= 0.3 is 6.03 Å². The zero-order chi connectivity index (χ0) is 14.5. The van der Waals surface area contributed by atoms with Crippen LogP contribution in [0.15, 0.2) is 24.3 Å². The summed E-state index contributed by atoms with van der Waals surface area (Å²) < 4.78 is 0. The lowest BCUT2D eigenvalue weighted by molar-refractivity contribution is -0.116. The Kier molecular flexibility index (Phi) is 4.88. The molecule has 0 fully saturated rings. The van der Waals surface area contributed by atoms with Crippen molar-refractivity contribution >= 4 is 23.3 Å². The number of hydrogen-bond donors (Lipinski definition) is 4. The normalized spacial score (nSPS) is 10.9. The van der Waals surface area contributed by atoms with Crippen LogP contribution in [0.25, 0.3) is 0 Å². The van der Waals surface area contributed by atoms with Crippen molar-refractivity contribution < 1.29 is 9.59 Å². The molecule has 1 aromatic carbocycles. The molecule has 0 spiro atoms. The highest BCUT2D eigenvalue weighted by molar-refractivity contribution is 5.93. The maximum absolute atomic E-state index is 11.7. The fourth-order valence-electron chi connectivity index (χ4n) is 1.48. The molecule has 0 unspecified atom stereocenters. The number of urea groups is 1. The Labute approximate surface area is 112 Å². The van der Waals surface area contributed by atoms with Gasteiger partial charge in [-0.3, -0.25) is 4.79 Å². The third-order valence-corrected chi connectivity index (χ3v) is 2.41. The van der Waals surface area contributed by atoms with Crippen LogP contribution in [0.5, 0.6) is 0 Å². The van der Waals surface area contributed by atoms with Gasteiger partial charge in [0.15, 0.2) is 0 Å². The number of anilines is 2. The molecule has 1 rings (SSSR count). The summed E-state index contributed by atoms with van der Waals surface area (Å²) in [4.78, 5) is 22.4. The van der Waals surface area contributed by atoms with Crippen molar-refractivity contribution in [3.63, 3.8) is 0 Å². The van der Waals surface area contributed by atoms with Crippen molar-refractivity contribution in [2.45, 2.75) is 32.2 Å². The number of benzene rings is 1. The topological polar surface area (TPSA) is 110 Å². The number of nitrogens with two attached hydrogens (primary N) is 2. The van der Waals surface area contributed by atoms with Crippen molar-refractivity contribution in [2.75, 3.05) is 10.6 Å². The van der Waals surface area contributed by atoms with Gasteiger partial charge in [-0.1, -0.05) is 6.07 Å². The van der Waals surface area contributed by atoms with E-state index in [1.807, 2.05) is 13.8 Å². The summed E-state index contributed by atoms with van der Waals surface area (Å²) in [6.07, 6.45) is 0.940. The van der Waals surface area contributed by atoms with E-state index in [-0.39, 0.29) is 11.4 Å². The summed E-state index contributed by atoms with van der Waals surface area (Å²) in [5.74, 6) is -0.116. The van der Waals surface area contributed by atoms with Gasteiger partial charge < -0.3 is 22.1 Å². The van der Waals surface area contributed by atoms with E-state index in [2.05, 4.69) is 10.6 Å². The molecule has 6 heteroatoms. The van der Waals surface area contributed by atoms with Crippen LogP contribution >= 0.6 is 0 Å². The fourth-order valence-corrected chi connectivity index (χ4v) is 1.48. The Morgan fingerprint density at radius 3 is 2.32 bits per heavy atom. The third-order valence-electron chi connectivity index (χ3n) is 2.41. The first kappa shape index (κ1) is 15.0. The summed E-state index contributed by atoms with van der Waals surface area (Å²) in [5, 5.41) is 5.18. The van der Waals surface area contributed by atoms with Crippen LogP contribution in [-0.2, 0) is 4.79 Å². The molecule has 0 aliphatic heterocycles. The second kappa shape index (κ2) is 6.19. The van der Waals surface area contributed by atoms with E-state index >= 15 is 0 Å². The van der Waals surface area contributed by atoms with Crippen molar-refractivity contribution in [3.05, 3.63) is 24.3 Å². The zero-order valence-corrected chi connectivity index (χ0v) is 11.2. The minimum atomic E-state index is -0.645. The first-order valence-corrected chi connectivity index (χ1v) is 6.01. The highest BCUT2D eigenvalue weighted by Gasteiger charge is 2.13. The van der Waals surface area contributed by atoms with E-state index in [9.17, 15) is 9.59 Å². The number of amides is 3. The predicted octanol–water partition coefficient (Wildman–Crippen LogP) is 1.63. The molecule has 0 saturated heterocycles. The minimum Gasteiger partial charge on any atom is -0.351 e. The summed E-state index contributed by atoms with van der Waals surface area (Å²) in [6.45, 7) is 3.75. The number of nitrogens with one attached hydrogen (secondary N) is 2. The van der Waals surface area contributed by atoms with E-state index < -0.39 is 6.03 Å². The van der Waals surface area contributed by atoms with E-state index in [0.29, 0.717) is 24.2 Å². The lowest BCUT2D eigenvalue weighted by Gasteiger charge is -2.17. The molecule has 1 aromatic rings. The smallest absolute Gasteiger partial charge is 0.316 e. The molecule has 0 atom stereocenters. The molecule has 6 N–H and O–H groups in total. The van der Waals surface area contributed by atoms with Crippen LogP contribution in [0.2, 0.25) is 0 Å². The maximum Gasteiger partial charge on any atom is 0.316 e. The molecule has 6 nitrogen and oxygen atoms in total. The van der Waals surface area contributed by atoms with Gasteiger partial charge in [0.1, 0.15) is 0 Å². The van der Waals surface area contributed by atoms with Crippen LogP contribution in [0.1, 0.15) is 26.7 Å². The van der Waals surface area contributed by atoms with Gasteiger partial charge in [0, 0.05) is 23.3 Å². The summed E-state index contributed by atoms with van der Waals surface area (Å²) in [5.41, 5.74) is 11.6. The average Bonchev–Trinajstić information content (AvgIpc) is 2.25. The second-order valence-electron chi connectivity index (χ2n) is 5.11. The van der Waals surface area contributed by atoms with E-state index in [1.54, 1.807) is 24.3 Å². The second-order valence-corrected chi connectivity index (χ2v) is 5.11. The minimum absolute atomic E-state index is 0.116. The van der Waals surface area contributed by atoms with Crippen molar-refractivity contribution in [2.24, 2.45) is 11.5 Å². The average molecular weight is 264 g/mol. The van der Waals surface area contributed by atoms with Gasteiger partial charge in [0.05, 0.1) is 0 Å². The van der Waals surface area contributed by atoms with Crippen LogP contribution in [-0.4, -0.2) is 17.5 Å². The van der Waals surface area contributed by atoms with Crippen molar-refractivity contribution in [1.29, 1.82) is 0 Å². The van der Waals surface area contributed by atoms with Gasteiger partial charge in [-0.15, -0.1) is 0 Å². The van der Waals surface area contributed by atoms with E-state index in [4.69, 9.17) is 11.5 Å². The molecule has 0 aliphatic rings. The number of rotatable bonds is 5. The Morgan fingerprint density at radius 2 is 1.79 bits per heavy atom. The lowest BCUT2D eigenvalue weighted by Crippen LogP contribution is -2.33. The molecule has 0 radical (unpaired) electrons. The molecule has 19 heavy (non-hydrogen) atoms. The van der Waals surface area contributed by atoms with Crippen LogP contribution < -0.4 is 22.1 Å². The number of carbonyl (C=O) groups is 2. The standard InChI is InChI=1S/C13H20N4O2/c1-13(2,15)7-6-11(18)16-9-4-3-5-10(8-9)17-12(14)19/h3-5,8H,6-7,15H2,1-2H3,(H,16,18)(H3,14,17,19). The van der Waals surface area contributed by atoms with E-state index in [0.717, 1.165) is 0 Å². The Hall–Kier alpha value is -2.08. The lowest BCUT2D eigenvalue weighted by atomic mass is 10.00. The maximum atomic E-state index is 11.7. The molecule has 0 saturated carbocycles. The Morgan fingerprint density at radius 1 is 1.21 bits per heavy atom. The molecule has 104 valence electrons. The Balaban J connectivity index is 2.57. The quantitative estimate of drug-likeness (QED) is 0.648. The van der Waals surface area contributed by atoms with Gasteiger partial charge in [-0.05, 0) is 38.5 Å². The highest BCUT2D eigenvalue weighted by atomic mass is 16.2. The van der Waals surface area contributed by atoms with Crippen LogP contribution in [0, 0.1) is 0 Å². The van der Waals surface area contributed by atoms with Gasteiger partial charge in [0.2, 0.25) is 5.91 Å². The highest BCUT2D eigenvalue weighted by Crippen LogP contribution is 2.16. The Bertz CT molecular complexity index is 466. The van der Waals surface area contributed by atoms with Crippen molar-refractivity contribution in [1.82, 2.24) is 0 Å². The molecule has 0 aromatic heterocycles. The van der Waals surface area contributed by atoms with Gasteiger partial charge in [-0.25, -0.2) is 4.79 Å². The summed E-state index contributed by atoms with van der Waals surface area (Å²) in [7, 11) is 0. The molecular formula is C13H20N4O2. The summed E-state index contributed by atoms with van der Waals surface area (Å²) >= 11 is 0. The summed E-state index contributed by atoms with van der Waals surface area (Å²) in [6, 6.07) is 6.12. The monoisotopic (exact) mass is 264 g/mol. The number of primary amides is 1. The zero-order valence-electron chi connectivity index (χ0n) is 11.2. The molecule has 0 aliphatic carbocycles. The largest absolute Gasteiger partial charge is 0.351 e.